The Morgan fingerprint density at radius 2 is 1.86 bits per heavy atom. The highest BCUT2D eigenvalue weighted by Gasteiger charge is 2.15. The lowest BCUT2D eigenvalue weighted by Crippen LogP contribution is -2.04. The zero-order chi connectivity index (χ0) is 20.8. The van der Waals surface area contributed by atoms with Gasteiger partial charge in [-0.25, -0.2) is 9.97 Å². The maximum absolute atomic E-state index is 11.2. The summed E-state index contributed by atoms with van der Waals surface area (Å²) in [5.41, 5.74) is 5.71. The van der Waals surface area contributed by atoms with Gasteiger partial charge in [0, 0.05) is 5.56 Å². The Labute approximate surface area is 172 Å². The fraction of sp³-hybridized carbons (Fsp3) is 0.250. The van der Waals surface area contributed by atoms with E-state index in [4.69, 9.17) is 13.9 Å². The van der Waals surface area contributed by atoms with Gasteiger partial charge in [0.25, 0.3) is 10.1 Å². The molecule has 7 nitrogen and oxygen atoms in total. The summed E-state index contributed by atoms with van der Waals surface area (Å²) in [4.78, 5) is 13.9. The Balaban J connectivity index is 1.83. The minimum Gasteiger partial charge on any atom is -0.497 e. The van der Waals surface area contributed by atoms with Crippen LogP contribution in [0.2, 0.25) is 0 Å². The van der Waals surface area contributed by atoms with Crippen molar-refractivity contribution in [2.45, 2.75) is 20.5 Å². The molecule has 0 bridgehead atoms. The molecule has 0 saturated carbocycles. The van der Waals surface area contributed by atoms with Crippen molar-refractivity contribution in [3.8, 4) is 16.3 Å². The highest BCUT2D eigenvalue weighted by Crippen LogP contribution is 2.37. The van der Waals surface area contributed by atoms with Crippen molar-refractivity contribution >= 4 is 42.7 Å². The Morgan fingerprint density at radius 1 is 1.07 bits per heavy atom. The van der Waals surface area contributed by atoms with E-state index < -0.39 is 10.1 Å². The quantitative estimate of drug-likeness (QED) is 0.443. The number of nitrogens with zero attached hydrogens (tertiary/aromatic N) is 3. The first kappa shape index (κ1) is 19.7. The number of thiazole rings is 1. The second-order valence-electron chi connectivity index (χ2n) is 6.82. The van der Waals surface area contributed by atoms with E-state index >= 15 is 0 Å². The Bertz CT molecular complexity index is 1350. The third kappa shape index (κ3) is 4.07. The first-order valence-electron chi connectivity index (χ1n) is 8.80. The maximum atomic E-state index is 11.2. The number of ether oxygens (including phenoxy) is 1. The molecular formula is C20H19N3O4S2. The molecule has 2 aromatic heterocycles. The highest BCUT2D eigenvalue weighted by atomic mass is 32.2. The van der Waals surface area contributed by atoms with Crippen molar-refractivity contribution < 1.29 is 17.3 Å². The van der Waals surface area contributed by atoms with Crippen molar-refractivity contribution in [2.24, 2.45) is 0 Å². The largest absolute Gasteiger partial charge is 0.497 e. The van der Waals surface area contributed by atoms with E-state index in [9.17, 15) is 8.42 Å². The van der Waals surface area contributed by atoms with Crippen LogP contribution in [0, 0.1) is 13.8 Å². The molecule has 0 aliphatic heterocycles. The minimum atomic E-state index is -3.55. The number of aryl methyl sites for hydroxylation is 2. The van der Waals surface area contributed by atoms with Crippen molar-refractivity contribution in [1.29, 1.82) is 0 Å². The third-order valence-electron chi connectivity index (χ3n) is 4.39. The van der Waals surface area contributed by atoms with Gasteiger partial charge < -0.3 is 4.74 Å². The number of rotatable bonds is 5. The molecule has 0 fully saturated rings. The van der Waals surface area contributed by atoms with Crippen LogP contribution in [0.15, 0.2) is 30.5 Å². The number of benzene rings is 2. The lowest BCUT2D eigenvalue weighted by atomic mass is 10.1. The molecule has 2 heterocycles. The second-order valence-corrected chi connectivity index (χ2v) is 9.49. The number of fused-ring (bicyclic) bond motifs is 2. The van der Waals surface area contributed by atoms with Gasteiger partial charge in [-0.15, -0.1) is 11.3 Å². The van der Waals surface area contributed by atoms with Crippen LogP contribution in [-0.2, 0) is 20.9 Å². The predicted molar refractivity (Wildman–Crippen MR) is 114 cm³/mol. The Morgan fingerprint density at radius 3 is 2.59 bits per heavy atom. The van der Waals surface area contributed by atoms with Crippen molar-refractivity contribution in [1.82, 2.24) is 15.0 Å². The van der Waals surface area contributed by atoms with Crippen LogP contribution >= 0.6 is 11.3 Å². The van der Waals surface area contributed by atoms with Gasteiger partial charge in [0.1, 0.15) is 17.4 Å². The molecule has 0 saturated heterocycles. The van der Waals surface area contributed by atoms with Crippen LogP contribution in [0.5, 0.6) is 5.75 Å². The molecule has 29 heavy (non-hydrogen) atoms. The average molecular weight is 430 g/mol. The number of aromatic nitrogens is 3. The first-order chi connectivity index (χ1) is 13.7. The third-order valence-corrected chi connectivity index (χ3v) is 5.97. The molecule has 0 spiro atoms. The molecule has 0 unspecified atom stereocenters. The molecular weight excluding hydrogens is 410 g/mol. The minimum absolute atomic E-state index is 0.148. The van der Waals surface area contributed by atoms with Crippen LogP contribution in [0.1, 0.15) is 16.8 Å². The molecule has 0 N–H and O–H groups in total. The summed E-state index contributed by atoms with van der Waals surface area (Å²) < 4.78 is 33.7. The van der Waals surface area contributed by atoms with Gasteiger partial charge in [-0.2, -0.15) is 8.42 Å². The summed E-state index contributed by atoms with van der Waals surface area (Å²) in [5.74, 6) is 0.801. The van der Waals surface area contributed by atoms with Crippen molar-refractivity contribution in [3.63, 3.8) is 0 Å². The number of hydrogen-bond donors (Lipinski definition) is 0. The zero-order valence-electron chi connectivity index (χ0n) is 16.4. The van der Waals surface area contributed by atoms with E-state index in [0.29, 0.717) is 16.7 Å². The summed E-state index contributed by atoms with van der Waals surface area (Å²) in [6.07, 6.45) is 2.54. The molecule has 0 radical (unpaired) electrons. The van der Waals surface area contributed by atoms with Crippen LogP contribution in [-0.4, -0.2) is 36.7 Å². The van der Waals surface area contributed by atoms with E-state index in [1.807, 2.05) is 38.1 Å². The fourth-order valence-electron chi connectivity index (χ4n) is 3.10. The summed E-state index contributed by atoms with van der Waals surface area (Å²) >= 11 is 1.57. The fourth-order valence-corrected chi connectivity index (χ4v) is 4.53. The summed E-state index contributed by atoms with van der Waals surface area (Å²) in [6.45, 7) is 3.84. The number of hydrogen-bond acceptors (Lipinski definition) is 8. The molecule has 150 valence electrons. The summed E-state index contributed by atoms with van der Waals surface area (Å²) in [7, 11) is -1.90. The lowest BCUT2D eigenvalue weighted by Gasteiger charge is -2.07. The molecule has 0 amide bonds. The first-order valence-corrected chi connectivity index (χ1v) is 11.4. The van der Waals surface area contributed by atoms with E-state index in [1.165, 1.54) is 6.20 Å². The zero-order valence-corrected chi connectivity index (χ0v) is 18.0. The van der Waals surface area contributed by atoms with Crippen LogP contribution < -0.4 is 4.74 Å². The van der Waals surface area contributed by atoms with Gasteiger partial charge in [0.15, 0.2) is 0 Å². The lowest BCUT2D eigenvalue weighted by molar-refractivity contribution is 0.307. The van der Waals surface area contributed by atoms with Crippen LogP contribution in [0.25, 0.3) is 31.8 Å². The highest BCUT2D eigenvalue weighted by molar-refractivity contribution is 7.85. The second kappa shape index (κ2) is 7.33. The normalized spacial score (nSPS) is 12.0. The molecule has 9 heteroatoms. The van der Waals surface area contributed by atoms with Gasteiger partial charge >= 0.3 is 0 Å². The maximum Gasteiger partial charge on any atom is 0.264 e. The van der Waals surface area contributed by atoms with Crippen molar-refractivity contribution in [3.05, 3.63) is 47.3 Å². The molecule has 0 aliphatic carbocycles. The van der Waals surface area contributed by atoms with E-state index in [2.05, 4.69) is 9.97 Å². The van der Waals surface area contributed by atoms with E-state index in [-0.39, 0.29) is 6.61 Å². The van der Waals surface area contributed by atoms with Gasteiger partial charge in [-0.3, -0.25) is 9.17 Å². The van der Waals surface area contributed by atoms with Gasteiger partial charge in [-0.1, -0.05) is 0 Å². The standard InChI is InChI=1S/C20H19N3O4S2/c1-11-5-15(20-23-18-12(2)7-14(26-3)8-17(18)28-20)19-16(6-11)22-13(9-21-19)10-27-29(4,24)25/h5-9H,10H2,1-4H3. The van der Waals surface area contributed by atoms with Gasteiger partial charge in [0.05, 0.1) is 46.5 Å². The molecule has 0 aliphatic rings. The topological polar surface area (TPSA) is 91.3 Å². The summed E-state index contributed by atoms with van der Waals surface area (Å²) in [5, 5.41) is 0.847. The van der Waals surface area contributed by atoms with Gasteiger partial charge in [0.2, 0.25) is 0 Å². The number of methoxy groups -OCH3 is 1. The van der Waals surface area contributed by atoms with E-state index in [0.717, 1.165) is 43.9 Å². The summed E-state index contributed by atoms with van der Waals surface area (Å²) in [6, 6.07) is 7.90. The SMILES string of the molecule is COc1cc(C)c2nc(-c3cc(C)cc4nc(COS(C)(=O)=O)cnc34)sc2c1. The molecule has 4 rings (SSSR count). The monoisotopic (exact) mass is 429 g/mol. The predicted octanol–water partition coefficient (Wildman–Crippen LogP) is 4.01. The molecule has 0 atom stereocenters. The molecule has 4 aromatic rings. The van der Waals surface area contributed by atoms with Crippen molar-refractivity contribution in [2.75, 3.05) is 13.4 Å². The van der Waals surface area contributed by atoms with Crippen LogP contribution in [0.3, 0.4) is 0 Å². The average Bonchev–Trinajstić information content (AvgIpc) is 3.09. The van der Waals surface area contributed by atoms with E-state index in [1.54, 1.807) is 18.4 Å². The Hall–Kier alpha value is -2.62. The Kier molecular flexibility index (Phi) is 4.97. The molecule has 2 aromatic carbocycles. The smallest absolute Gasteiger partial charge is 0.264 e. The van der Waals surface area contributed by atoms with Gasteiger partial charge in [-0.05, 0) is 49.2 Å². The van der Waals surface area contributed by atoms with Crippen LogP contribution in [0.4, 0.5) is 0 Å².